The van der Waals surface area contributed by atoms with Gasteiger partial charge in [-0.1, -0.05) is 11.3 Å². The highest BCUT2D eigenvalue weighted by Crippen LogP contribution is 2.38. The van der Waals surface area contributed by atoms with Gasteiger partial charge in [-0.25, -0.2) is 35.9 Å². The molecule has 4 aromatic heterocycles. The van der Waals surface area contributed by atoms with Crippen LogP contribution < -0.4 is 4.72 Å². The Kier molecular flexibility index (Phi) is 7.27. The third kappa shape index (κ3) is 5.63. The van der Waals surface area contributed by atoms with Gasteiger partial charge in [0.15, 0.2) is 15.8 Å². The van der Waals surface area contributed by atoms with E-state index < -0.39 is 36.7 Å². The van der Waals surface area contributed by atoms with Crippen molar-refractivity contribution in [1.29, 1.82) is 4.78 Å². The van der Waals surface area contributed by atoms with Crippen LogP contribution in [0, 0.1) is 11.7 Å². The second-order valence-corrected chi connectivity index (χ2v) is 15.3. The molecule has 4 aromatic rings. The van der Waals surface area contributed by atoms with Crippen molar-refractivity contribution in [3.05, 3.63) is 41.3 Å². The van der Waals surface area contributed by atoms with E-state index in [9.17, 15) is 21.4 Å². The van der Waals surface area contributed by atoms with E-state index in [0.29, 0.717) is 53.1 Å². The fraction of sp³-hybridized carbons (Fsp3) is 0.417. The fourth-order valence-electron chi connectivity index (χ4n) is 4.09. The van der Waals surface area contributed by atoms with Crippen LogP contribution in [0.3, 0.4) is 0 Å². The summed E-state index contributed by atoms with van der Waals surface area (Å²) in [5.74, 6) is 0.291. The van der Waals surface area contributed by atoms with Crippen molar-refractivity contribution >= 4 is 36.6 Å². The summed E-state index contributed by atoms with van der Waals surface area (Å²) < 4.78 is 78.9. The Morgan fingerprint density at radius 3 is 2.48 bits per heavy atom. The van der Waals surface area contributed by atoms with E-state index >= 15 is 0 Å². The Morgan fingerprint density at radius 1 is 1.15 bits per heavy atom. The van der Waals surface area contributed by atoms with E-state index in [4.69, 9.17) is 4.78 Å². The molecule has 1 aliphatic rings. The summed E-state index contributed by atoms with van der Waals surface area (Å²) in [5, 5.41) is 7.01. The number of hydrogen-bond acceptors (Lipinski definition) is 10. The Labute approximate surface area is 234 Å². The van der Waals surface area contributed by atoms with Crippen LogP contribution in [0.1, 0.15) is 36.8 Å². The lowest BCUT2D eigenvalue weighted by molar-refractivity contribution is 0.150. The summed E-state index contributed by atoms with van der Waals surface area (Å²) >= 11 is 0.670. The van der Waals surface area contributed by atoms with Crippen molar-refractivity contribution in [2.45, 2.75) is 48.4 Å². The third-order valence-corrected chi connectivity index (χ3v) is 10.9. The molecule has 40 heavy (non-hydrogen) atoms. The summed E-state index contributed by atoms with van der Waals surface area (Å²) in [7, 11) is -3.41. The maximum atomic E-state index is 13.4. The smallest absolute Gasteiger partial charge is 0.291 e. The Hall–Kier alpha value is -2.92. The van der Waals surface area contributed by atoms with Gasteiger partial charge in [0.2, 0.25) is 10.0 Å². The quantitative estimate of drug-likeness (QED) is 0.274. The summed E-state index contributed by atoms with van der Waals surface area (Å²) in [6, 6.07) is 3.12. The molecule has 0 saturated heterocycles. The second-order valence-electron chi connectivity index (χ2n) is 10.4. The van der Waals surface area contributed by atoms with Crippen LogP contribution in [-0.2, 0) is 19.8 Å². The molecule has 4 heterocycles. The standard InChI is InChI=1S/C24H28F2N8O3S3/c1-14-9-15(39(27,35)8-7-33(3)4)11-28-19(14)17-10-16(40(36,37)32-24(2)5-6-24)13-34-18(17)12-29-21(34)23-31-30-22(38-23)20(25)26/h9-13,20,27,32H,5-8H2,1-4H3. The molecular formula is C24H28F2N8O3S3. The molecule has 0 aliphatic heterocycles. The van der Waals surface area contributed by atoms with Crippen LogP contribution in [-0.4, -0.2) is 74.0 Å². The van der Waals surface area contributed by atoms with Gasteiger partial charge in [-0.2, -0.15) is 0 Å². The van der Waals surface area contributed by atoms with Crippen molar-refractivity contribution in [2.24, 2.45) is 0 Å². The molecule has 5 rings (SSSR count). The van der Waals surface area contributed by atoms with Crippen molar-refractivity contribution in [2.75, 3.05) is 26.4 Å². The number of hydrogen-bond donors (Lipinski definition) is 2. The van der Waals surface area contributed by atoms with Gasteiger partial charge in [0.05, 0.1) is 36.9 Å². The molecule has 0 radical (unpaired) electrons. The lowest BCUT2D eigenvalue weighted by Gasteiger charge is -2.16. The average Bonchev–Trinajstić information content (AvgIpc) is 3.25. The number of imidazole rings is 1. The molecule has 0 spiro atoms. The molecule has 0 aromatic carbocycles. The van der Waals surface area contributed by atoms with E-state index in [-0.39, 0.29) is 26.4 Å². The van der Waals surface area contributed by atoms with Crippen LogP contribution in [0.5, 0.6) is 0 Å². The van der Waals surface area contributed by atoms with Gasteiger partial charge in [0, 0.05) is 35.8 Å². The van der Waals surface area contributed by atoms with Crippen LogP contribution in [0.25, 0.3) is 27.6 Å². The molecule has 11 nitrogen and oxygen atoms in total. The van der Waals surface area contributed by atoms with Crippen LogP contribution >= 0.6 is 11.3 Å². The van der Waals surface area contributed by atoms with Gasteiger partial charge in [-0.05, 0) is 58.5 Å². The first-order valence-electron chi connectivity index (χ1n) is 12.2. The molecule has 214 valence electrons. The van der Waals surface area contributed by atoms with Crippen molar-refractivity contribution in [3.63, 3.8) is 0 Å². The molecule has 1 saturated carbocycles. The van der Waals surface area contributed by atoms with Gasteiger partial charge >= 0.3 is 0 Å². The van der Waals surface area contributed by atoms with Crippen molar-refractivity contribution in [1.82, 2.24) is 34.2 Å². The minimum absolute atomic E-state index is 0.0680. The SMILES string of the molecule is Cc1cc(S(=N)(=O)CCN(C)C)cnc1-c1cc(S(=O)(=O)NC2(C)CC2)cn2c(-c3nnc(C(F)F)s3)ncc12. The first kappa shape index (κ1) is 28.6. The van der Waals surface area contributed by atoms with Crippen molar-refractivity contribution < 1.29 is 21.4 Å². The molecule has 0 amide bonds. The first-order chi connectivity index (χ1) is 18.7. The first-order valence-corrected chi connectivity index (χ1v) is 16.3. The summed E-state index contributed by atoms with van der Waals surface area (Å²) in [6.45, 7) is 4.03. The number of alkyl halides is 2. The predicted octanol–water partition coefficient (Wildman–Crippen LogP) is 3.96. The average molecular weight is 611 g/mol. The van der Waals surface area contributed by atoms with Crippen LogP contribution in [0.15, 0.2) is 40.5 Å². The number of nitrogens with zero attached hydrogens (tertiary/aromatic N) is 6. The zero-order valence-corrected chi connectivity index (χ0v) is 24.6. The topological polar surface area (TPSA) is 146 Å². The highest BCUT2D eigenvalue weighted by Gasteiger charge is 2.41. The molecule has 2 N–H and O–H groups in total. The van der Waals surface area contributed by atoms with Crippen LogP contribution in [0.2, 0.25) is 0 Å². The molecule has 16 heteroatoms. The van der Waals surface area contributed by atoms with E-state index in [0.717, 1.165) is 0 Å². The lowest BCUT2D eigenvalue weighted by Crippen LogP contribution is -2.34. The molecule has 1 unspecified atom stereocenters. The molecule has 0 bridgehead atoms. The number of pyridine rings is 2. The summed E-state index contributed by atoms with van der Waals surface area (Å²) in [6.07, 6.45) is 2.86. The maximum absolute atomic E-state index is 13.4. The Balaban J connectivity index is 1.67. The van der Waals surface area contributed by atoms with Gasteiger partial charge in [0.25, 0.3) is 6.43 Å². The number of sulfonamides is 1. The number of aromatic nitrogens is 5. The predicted molar refractivity (Wildman–Crippen MR) is 148 cm³/mol. The second kappa shape index (κ2) is 10.2. The highest BCUT2D eigenvalue weighted by molar-refractivity contribution is 7.92. The van der Waals surface area contributed by atoms with Gasteiger partial charge in [-0.15, -0.1) is 10.2 Å². The summed E-state index contributed by atoms with van der Waals surface area (Å²) in [5.41, 5.74) is 1.33. The molecule has 1 aliphatic carbocycles. The third-order valence-electron chi connectivity index (χ3n) is 6.64. The van der Waals surface area contributed by atoms with E-state index in [1.165, 1.54) is 29.1 Å². The largest absolute Gasteiger partial charge is 0.308 e. The van der Waals surface area contributed by atoms with Gasteiger partial charge in [-0.3, -0.25) is 9.38 Å². The lowest BCUT2D eigenvalue weighted by atomic mass is 10.1. The van der Waals surface area contributed by atoms with E-state index in [2.05, 4.69) is 24.9 Å². The zero-order valence-electron chi connectivity index (χ0n) is 22.2. The Morgan fingerprint density at radius 2 is 1.88 bits per heavy atom. The van der Waals surface area contributed by atoms with Crippen molar-refractivity contribution in [3.8, 4) is 22.1 Å². The maximum Gasteiger partial charge on any atom is 0.291 e. The monoisotopic (exact) mass is 610 g/mol. The Bertz CT molecular complexity index is 1810. The number of halogens is 2. The van der Waals surface area contributed by atoms with Gasteiger partial charge < -0.3 is 4.90 Å². The molecular weight excluding hydrogens is 583 g/mol. The zero-order chi connectivity index (χ0) is 29.0. The normalized spacial score (nSPS) is 16.6. The minimum atomic E-state index is -3.98. The van der Waals surface area contributed by atoms with Gasteiger partial charge in [0.1, 0.15) is 0 Å². The molecule has 1 fully saturated rings. The minimum Gasteiger partial charge on any atom is -0.308 e. The number of nitrogens with one attached hydrogen (secondary N) is 2. The number of fused-ring (bicyclic) bond motifs is 1. The number of aryl methyl sites for hydroxylation is 1. The molecule has 1 atom stereocenters. The van der Waals surface area contributed by atoms with E-state index in [1.54, 1.807) is 13.0 Å². The van der Waals surface area contributed by atoms with E-state index in [1.807, 2.05) is 25.9 Å². The summed E-state index contributed by atoms with van der Waals surface area (Å²) in [4.78, 5) is 10.9. The number of rotatable bonds is 10. The fourth-order valence-corrected chi connectivity index (χ4v) is 7.72. The van der Waals surface area contributed by atoms with Crippen LogP contribution in [0.4, 0.5) is 8.78 Å². The highest BCUT2D eigenvalue weighted by atomic mass is 32.2.